The zero-order valence-corrected chi connectivity index (χ0v) is 12.0. The average molecular weight is 301 g/mol. The van der Waals surface area contributed by atoms with E-state index in [0.29, 0.717) is 6.54 Å². The molecule has 1 unspecified atom stereocenters. The van der Waals surface area contributed by atoms with E-state index in [9.17, 15) is 0 Å². The summed E-state index contributed by atoms with van der Waals surface area (Å²) in [4.78, 5) is 2.58. The van der Waals surface area contributed by atoms with E-state index in [2.05, 4.69) is 46.1 Å². The van der Waals surface area contributed by atoms with Gasteiger partial charge in [0.1, 0.15) is 0 Å². The molecular formula is C12H17BrN2S. The fraction of sp³-hybridized carbons (Fsp3) is 0.500. The molecule has 0 aliphatic rings. The SMILES string of the molecule is CC#CCCNC(CN)c1cc(Br)c(C)s1. The molecule has 88 valence electrons. The Kier molecular flexibility index (Phi) is 6.07. The molecule has 0 bridgehead atoms. The van der Waals surface area contributed by atoms with E-state index >= 15 is 0 Å². The van der Waals surface area contributed by atoms with Crippen LogP contribution in [0.4, 0.5) is 0 Å². The van der Waals surface area contributed by atoms with Gasteiger partial charge in [0.15, 0.2) is 0 Å². The van der Waals surface area contributed by atoms with Crippen molar-refractivity contribution in [3.63, 3.8) is 0 Å². The maximum atomic E-state index is 5.77. The van der Waals surface area contributed by atoms with E-state index < -0.39 is 0 Å². The first-order valence-corrected chi connectivity index (χ1v) is 6.89. The van der Waals surface area contributed by atoms with Gasteiger partial charge in [0.25, 0.3) is 0 Å². The summed E-state index contributed by atoms with van der Waals surface area (Å²) in [6.07, 6.45) is 0.874. The van der Waals surface area contributed by atoms with Gasteiger partial charge in [0, 0.05) is 33.7 Å². The van der Waals surface area contributed by atoms with Gasteiger partial charge < -0.3 is 11.1 Å². The molecule has 1 aromatic heterocycles. The van der Waals surface area contributed by atoms with E-state index in [4.69, 9.17) is 5.73 Å². The van der Waals surface area contributed by atoms with Gasteiger partial charge in [-0.1, -0.05) is 0 Å². The minimum atomic E-state index is 0.244. The number of hydrogen-bond donors (Lipinski definition) is 2. The number of aryl methyl sites for hydroxylation is 1. The molecule has 1 atom stereocenters. The minimum absolute atomic E-state index is 0.244. The van der Waals surface area contributed by atoms with Gasteiger partial charge >= 0.3 is 0 Å². The second-order valence-electron chi connectivity index (χ2n) is 3.47. The Bertz CT molecular complexity index is 370. The molecule has 0 aliphatic carbocycles. The Morgan fingerprint density at radius 1 is 1.62 bits per heavy atom. The van der Waals surface area contributed by atoms with Crippen LogP contribution in [0.25, 0.3) is 0 Å². The molecule has 0 aromatic carbocycles. The maximum Gasteiger partial charge on any atom is 0.0540 e. The lowest BCUT2D eigenvalue weighted by molar-refractivity contribution is 0.558. The lowest BCUT2D eigenvalue weighted by Crippen LogP contribution is -2.28. The molecule has 0 fully saturated rings. The van der Waals surface area contributed by atoms with Gasteiger partial charge in [0.2, 0.25) is 0 Å². The van der Waals surface area contributed by atoms with Crippen LogP contribution in [-0.4, -0.2) is 13.1 Å². The molecule has 2 nitrogen and oxygen atoms in total. The highest BCUT2D eigenvalue weighted by atomic mass is 79.9. The van der Waals surface area contributed by atoms with Crippen LogP contribution in [0.3, 0.4) is 0 Å². The molecule has 1 aromatic rings. The fourth-order valence-electron chi connectivity index (χ4n) is 1.39. The summed E-state index contributed by atoms with van der Waals surface area (Å²) in [5.41, 5.74) is 5.77. The largest absolute Gasteiger partial charge is 0.329 e. The second kappa shape index (κ2) is 7.08. The zero-order valence-electron chi connectivity index (χ0n) is 9.64. The number of hydrogen-bond acceptors (Lipinski definition) is 3. The van der Waals surface area contributed by atoms with Gasteiger partial charge in [-0.2, -0.15) is 0 Å². The van der Waals surface area contributed by atoms with E-state index in [1.165, 1.54) is 14.2 Å². The van der Waals surface area contributed by atoms with Crippen molar-refractivity contribution in [2.45, 2.75) is 26.3 Å². The van der Waals surface area contributed by atoms with Crippen LogP contribution in [0.15, 0.2) is 10.5 Å². The number of halogens is 1. The summed E-state index contributed by atoms with van der Waals surface area (Å²) in [7, 11) is 0. The van der Waals surface area contributed by atoms with Crippen molar-refractivity contribution in [3.05, 3.63) is 20.3 Å². The van der Waals surface area contributed by atoms with Gasteiger partial charge in [-0.05, 0) is 35.8 Å². The zero-order chi connectivity index (χ0) is 12.0. The van der Waals surface area contributed by atoms with Crippen LogP contribution >= 0.6 is 27.3 Å². The Balaban J connectivity index is 2.55. The van der Waals surface area contributed by atoms with E-state index in [-0.39, 0.29) is 6.04 Å². The maximum absolute atomic E-state index is 5.77. The first-order chi connectivity index (χ1) is 7.69. The minimum Gasteiger partial charge on any atom is -0.329 e. The van der Waals surface area contributed by atoms with Crippen molar-refractivity contribution in [3.8, 4) is 11.8 Å². The molecule has 0 amide bonds. The molecule has 1 heterocycles. The monoisotopic (exact) mass is 300 g/mol. The van der Waals surface area contributed by atoms with Crippen LogP contribution in [0.1, 0.15) is 29.1 Å². The number of rotatable bonds is 5. The molecule has 4 heteroatoms. The van der Waals surface area contributed by atoms with Crippen molar-refractivity contribution in [2.24, 2.45) is 5.73 Å². The van der Waals surface area contributed by atoms with Crippen molar-refractivity contribution < 1.29 is 0 Å². The summed E-state index contributed by atoms with van der Waals surface area (Å²) < 4.78 is 1.17. The first kappa shape index (κ1) is 13.7. The predicted molar refractivity (Wildman–Crippen MR) is 74.6 cm³/mol. The van der Waals surface area contributed by atoms with Crippen LogP contribution in [0.2, 0.25) is 0 Å². The number of thiophene rings is 1. The lowest BCUT2D eigenvalue weighted by Gasteiger charge is -2.13. The lowest BCUT2D eigenvalue weighted by atomic mass is 10.2. The summed E-state index contributed by atoms with van der Waals surface area (Å²) >= 11 is 5.31. The Morgan fingerprint density at radius 3 is 2.88 bits per heavy atom. The highest BCUT2D eigenvalue weighted by Gasteiger charge is 2.12. The van der Waals surface area contributed by atoms with Crippen LogP contribution in [0, 0.1) is 18.8 Å². The molecule has 16 heavy (non-hydrogen) atoms. The second-order valence-corrected chi connectivity index (χ2v) is 5.61. The van der Waals surface area contributed by atoms with Crippen molar-refractivity contribution >= 4 is 27.3 Å². The smallest absolute Gasteiger partial charge is 0.0540 e. The van der Waals surface area contributed by atoms with Gasteiger partial charge in [0.05, 0.1) is 6.04 Å². The van der Waals surface area contributed by atoms with Crippen molar-refractivity contribution in [2.75, 3.05) is 13.1 Å². The first-order valence-electron chi connectivity index (χ1n) is 5.28. The topological polar surface area (TPSA) is 38.0 Å². The van der Waals surface area contributed by atoms with E-state index in [1.54, 1.807) is 11.3 Å². The number of nitrogens with two attached hydrogens (primary N) is 1. The van der Waals surface area contributed by atoms with Gasteiger partial charge in [-0.15, -0.1) is 23.2 Å². The molecular weight excluding hydrogens is 284 g/mol. The normalized spacial score (nSPS) is 12.0. The summed E-state index contributed by atoms with van der Waals surface area (Å²) in [5, 5.41) is 3.42. The average Bonchev–Trinajstić information content (AvgIpc) is 2.59. The fourth-order valence-corrected chi connectivity index (χ4v) is 3.04. The standard InChI is InChI=1S/C12H17BrN2S/c1-3-4-5-6-15-11(8-14)12-7-10(13)9(2)16-12/h7,11,15H,5-6,8,14H2,1-2H3. The molecule has 0 radical (unpaired) electrons. The molecule has 0 saturated carbocycles. The van der Waals surface area contributed by atoms with Crippen LogP contribution < -0.4 is 11.1 Å². The van der Waals surface area contributed by atoms with Gasteiger partial charge in [-0.3, -0.25) is 0 Å². The molecule has 0 spiro atoms. The molecule has 1 rings (SSSR count). The van der Waals surface area contributed by atoms with Crippen LogP contribution in [0.5, 0.6) is 0 Å². The Hall–Kier alpha value is -0.340. The third kappa shape index (κ3) is 3.91. The molecule has 0 saturated heterocycles. The van der Waals surface area contributed by atoms with Crippen molar-refractivity contribution in [1.82, 2.24) is 5.32 Å². The van der Waals surface area contributed by atoms with Crippen molar-refractivity contribution in [1.29, 1.82) is 0 Å². The Labute approximate surface area is 110 Å². The summed E-state index contributed by atoms with van der Waals surface area (Å²) in [6.45, 7) is 5.47. The Morgan fingerprint density at radius 2 is 2.38 bits per heavy atom. The molecule has 3 N–H and O–H groups in total. The third-order valence-electron chi connectivity index (χ3n) is 2.27. The van der Waals surface area contributed by atoms with Crippen LogP contribution in [-0.2, 0) is 0 Å². The van der Waals surface area contributed by atoms with Gasteiger partial charge in [-0.25, -0.2) is 0 Å². The highest BCUT2D eigenvalue weighted by Crippen LogP contribution is 2.30. The highest BCUT2D eigenvalue weighted by molar-refractivity contribution is 9.10. The predicted octanol–water partition coefficient (Wildman–Crippen LogP) is 2.82. The van der Waals surface area contributed by atoms with E-state index in [0.717, 1.165) is 13.0 Å². The quantitative estimate of drug-likeness (QED) is 0.648. The molecule has 0 aliphatic heterocycles. The summed E-state index contributed by atoms with van der Waals surface area (Å²) in [6, 6.07) is 2.39. The van der Waals surface area contributed by atoms with E-state index in [1.807, 2.05) is 6.92 Å². The third-order valence-corrected chi connectivity index (χ3v) is 4.52. The number of nitrogens with one attached hydrogen (secondary N) is 1. The summed E-state index contributed by atoms with van der Waals surface area (Å²) in [5.74, 6) is 5.92.